The molecule has 2 N–H and O–H groups in total. The van der Waals surface area contributed by atoms with E-state index >= 15 is 0 Å². The lowest BCUT2D eigenvalue weighted by Gasteiger charge is -1.97. The molecular formula is C9H9ClFN3. The highest BCUT2D eigenvalue weighted by Crippen LogP contribution is 2.23. The van der Waals surface area contributed by atoms with Crippen LogP contribution in [0.2, 0.25) is 5.15 Å². The summed E-state index contributed by atoms with van der Waals surface area (Å²) >= 11 is 6.01. The van der Waals surface area contributed by atoms with Crippen LogP contribution in [0.5, 0.6) is 0 Å². The molecule has 0 amide bonds. The minimum Gasteiger partial charge on any atom is -0.329 e. The van der Waals surface area contributed by atoms with E-state index in [1.54, 1.807) is 10.7 Å². The topological polar surface area (TPSA) is 43.8 Å². The highest BCUT2D eigenvalue weighted by Gasteiger charge is 2.08. The Kier molecular flexibility index (Phi) is 2.39. The van der Waals surface area contributed by atoms with Crippen LogP contribution in [0.15, 0.2) is 18.2 Å². The number of nitrogens with zero attached hydrogens (tertiary/aromatic N) is 2. The Bertz CT molecular complexity index is 466. The first kappa shape index (κ1) is 9.43. The zero-order valence-corrected chi connectivity index (χ0v) is 8.13. The molecule has 0 bridgehead atoms. The largest absolute Gasteiger partial charge is 0.329 e. The molecule has 1 heterocycles. The van der Waals surface area contributed by atoms with Crippen molar-refractivity contribution in [2.75, 3.05) is 6.54 Å². The molecule has 2 rings (SSSR count). The van der Waals surface area contributed by atoms with E-state index in [0.717, 1.165) is 5.39 Å². The SMILES string of the molecule is NCCn1nc2cc(F)ccc2c1Cl. The van der Waals surface area contributed by atoms with Gasteiger partial charge in [-0.1, -0.05) is 11.6 Å². The first-order chi connectivity index (χ1) is 6.72. The van der Waals surface area contributed by atoms with Crippen molar-refractivity contribution < 1.29 is 4.39 Å². The van der Waals surface area contributed by atoms with E-state index in [4.69, 9.17) is 17.3 Å². The first-order valence-corrected chi connectivity index (χ1v) is 4.62. The summed E-state index contributed by atoms with van der Waals surface area (Å²) in [6.07, 6.45) is 0. The molecule has 14 heavy (non-hydrogen) atoms. The summed E-state index contributed by atoms with van der Waals surface area (Å²) in [6, 6.07) is 4.34. The molecule has 0 saturated carbocycles. The molecule has 1 aromatic carbocycles. The third kappa shape index (κ3) is 1.47. The molecule has 0 unspecified atom stereocenters. The number of hydrogen-bond donors (Lipinski definition) is 1. The van der Waals surface area contributed by atoms with E-state index < -0.39 is 0 Å². The van der Waals surface area contributed by atoms with Crippen molar-refractivity contribution >= 4 is 22.5 Å². The van der Waals surface area contributed by atoms with Gasteiger partial charge in [0.15, 0.2) is 0 Å². The smallest absolute Gasteiger partial charge is 0.134 e. The Morgan fingerprint density at radius 1 is 1.50 bits per heavy atom. The van der Waals surface area contributed by atoms with Gasteiger partial charge < -0.3 is 5.73 Å². The maximum absolute atomic E-state index is 12.8. The molecular weight excluding hydrogens is 205 g/mol. The Labute approximate surface area is 85.3 Å². The van der Waals surface area contributed by atoms with Crippen LogP contribution in [0, 0.1) is 5.82 Å². The van der Waals surface area contributed by atoms with Crippen molar-refractivity contribution in [3.05, 3.63) is 29.2 Å². The summed E-state index contributed by atoms with van der Waals surface area (Å²) in [6.45, 7) is 0.991. The van der Waals surface area contributed by atoms with Gasteiger partial charge in [-0.05, 0) is 12.1 Å². The molecule has 5 heteroatoms. The lowest BCUT2D eigenvalue weighted by molar-refractivity contribution is 0.624. The second-order valence-electron chi connectivity index (χ2n) is 2.96. The fraction of sp³-hybridized carbons (Fsp3) is 0.222. The fourth-order valence-electron chi connectivity index (χ4n) is 1.35. The summed E-state index contributed by atoms with van der Waals surface area (Å²) in [4.78, 5) is 0. The van der Waals surface area contributed by atoms with Gasteiger partial charge in [0.2, 0.25) is 0 Å². The predicted molar refractivity (Wildman–Crippen MR) is 53.8 cm³/mol. The van der Waals surface area contributed by atoms with Crippen molar-refractivity contribution in [2.24, 2.45) is 5.73 Å². The van der Waals surface area contributed by atoms with Gasteiger partial charge in [-0.3, -0.25) is 4.68 Å². The summed E-state index contributed by atoms with van der Waals surface area (Å²) in [5, 5.41) is 5.38. The summed E-state index contributed by atoms with van der Waals surface area (Å²) < 4.78 is 14.4. The zero-order valence-electron chi connectivity index (χ0n) is 7.37. The summed E-state index contributed by atoms with van der Waals surface area (Å²) in [7, 11) is 0. The van der Waals surface area contributed by atoms with Crippen LogP contribution in [0.1, 0.15) is 0 Å². The van der Waals surface area contributed by atoms with Crippen molar-refractivity contribution in [2.45, 2.75) is 6.54 Å². The molecule has 0 atom stereocenters. The summed E-state index contributed by atoms with van der Waals surface area (Å²) in [5.74, 6) is -0.313. The van der Waals surface area contributed by atoms with Crippen molar-refractivity contribution in [3.63, 3.8) is 0 Å². The van der Waals surface area contributed by atoms with Crippen LogP contribution in [0.25, 0.3) is 10.9 Å². The quantitative estimate of drug-likeness (QED) is 0.827. The van der Waals surface area contributed by atoms with Gasteiger partial charge in [0.05, 0.1) is 12.1 Å². The van der Waals surface area contributed by atoms with E-state index in [-0.39, 0.29) is 5.82 Å². The second-order valence-corrected chi connectivity index (χ2v) is 3.32. The first-order valence-electron chi connectivity index (χ1n) is 4.24. The minimum absolute atomic E-state index is 0.313. The molecule has 0 saturated heterocycles. The number of halogens is 2. The number of fused-ring (bicyclic) bond motifs is 1. The van der Waals surface area contributed by atoms with Crippen molar-refractivity contribution in [1.29, 1.82) is 0 Å². The normalized spacial score (nSPS) is 11.1. The van der Waals surface area contributed by atoms with E-state index in [9.17, 15) is 4.39 Å². The van der Waals surface area contributed by atoms with Crippen LogP contribution in [-0.4, -0.2) is 16.3 Å². The third-order valence-electron chi connectivity index (χ3n) is 1.98. The maximum atomic E-state index is 12.8. The van der Waals surface area contributed by atoms with Crippen molar-refractivity contribution in [3.8, 4) is 0 Å². The lowest BCUT2D eigenvalue weighted by Crippen LogP contribution is -2.10. The number of nitrogens with two attached hydrogens (primary N) is 1. The fourth-order valence-corrected chi connectivity index (χ4v) is 1.63. The minimum atomic E-state index is -0.313. The Balaban J connectivity index is 2.61. The second kappa shape index (κ2) is 3.55. The van der Waals surface area contributed by atoms with Gasteiger partial charge in [-0.15, -0.1) is 0 Å². The van der Waals surface area contributed by atoms with Crippen LogP contribution in [0.3, 0.4) is 0 Å². The highest BCUT2D eigenvalue weighted by molar-refractivity contribution is 6.34. The maximum Gasteiger partial charge on any atom is 0.134 e. The number of rotatable bonds is 2. The van der Waals surface area contributed by atoms with Crippen molar-refractivity contribution in [1.82, 2.24) is 9.78 Å². The van der Waals surface area contributed by atoms with Gasteiger partial charge in [0.1, 0.15) is 11.0 Å². The van der Waals surface area contributed by atoms with Crippen LogP contribution in [0.4, 0.5) is 4.39 Å². The summed E-state index contributed by atoms with van der Waals surface area (Å²) in [5.41, 5.74) is 5.95. The third-order valence-corrected chi connectivity index (χ3v) is 2.38. The number of hydrogen-bond acceptors (Lipinski definition) is 2. The Hall–Kier alpha value is -1.13. The zero-order chi connectivity index (χ0) is 10.1. The molecule has 1 aromatic heterocycles. The molecule has 3 nitrogen and oxygen atoms in total. The molecule has 0 spiro atoms. The predicted octanol–water partition coefficient (Wildman–Crippen LogP) is 1.79. The van der Waals surface area contributed by atoms with Crippen LogP contribution >= 0.6 is 11.6 Å². The van der Waals surface area contributed by atoms with E-state index in [1.165, 1.54) is 12.1 Å². The average molecular weight is 214 g/mol. The highest BCUT2D eigenvalue weighted by atomic mass is 35.5. The van der Waals surface area contributed by atoms with E-state index in [2.05, 4.69) is 5.10 Å². The van der Waals surface area contributed by atoms with E-state index in [0.29, 0.717) is 23.8 Å². The molecule has 0 radical (unpaired) electrons. The van der Waals surface area contributed by atoms with Gasteiger partial charge in [0.25, 0.3) is 0 Å². The van der Waals surface area contributed by atoms with Gasteiger partial charge in [-0.2, -0.15) is 5.10 Å². The Morgan fingerprint density at radius 3 is 3.00 bits per heavy atom. The van der Waals surface area contributed by atoms with Gasteiger partial charge >= 0.3 is 0 Å². The van der Waals surface area contributed by atoms with Crippen LogP contribution < -0.4 is 5.73 Å². The van der Waals surface area contributed by atoms with E-state index in [1.807, 2.05) is 0 Å². The molecule has 2 aromatic rings. The molecule has 0 fully saturated rings. The van der Waals surface area contributed by atoms with Gasteiger partial charge in [0, 0.05) is 18.0 Å². The molecule has 74 valence electrons. The average Bonchev–Trinajstić information content (AvgIpc) is 2.44. The Morgan fingerprint density at radius 2 is 2.29 bits per heavy atom. The van der Waals surface area contributed by atoms with Crippen LogP contribution in [-0.2, 0) is 6.54 Å². The van der Waals surface area contributed by atoms with Gasteiger partial charge in [-0.25, -0.2) is 4.39 Å². The molecule has 0 aliphatic heterocycles. The molecule has 0 aliphatic rings. The number of aromatic nitrogens is 2. The molecule has 0 aliphatic carbocycles. The number of benzene rings is 1. The lowest BCUT2D eigenvalue weighted by atomic mass is 10.2. The standard InChI is InChI=1S/C9H9ClFN3/c10-9-7-2-1-6(11)5-8(7)13-14(9)4-3-12/h1-2,5H,3-4,12H2. The monoisotopic (exact) mass is 213 g/mol.